The summed E-state index contributed by atoms with van der Waals surface area (Å²) in [5.41, 5.74) is 0.786. The van der Waals surface area contributed by atoms with Crippen LogP contribution in [0.2, 0.25) is 0 Å². The predicted molar refractivity (Wildman–Crippen MR) is 150 cm³/mol. The number of nitriles is 1. The Kier molecular flexibility index (Phi) is 8.18. The number of aromatic nitrogens is 3. The number of likely N-dealkylation sites (N-methyl/N-ethyl adjacent to an activating group) is 1. The molecule has 4 heterocycles. The molecule has 186 valence electrons. The molecule has 0 spiro atoms. The van der Waals surface area contributed by atoms with Crippen LogP contribution < -0.4 is 15.5 Å². The highest BCUT2D eigenvalue weighted by Gasteiger charge is 2.24. The number of anilines is 4. The molecule has 0 saturated carbocycles. The van der Waals surface area contributed by atoms with Gasteiger partial charge in [0, 0.05) is 48.6 Å². The molecule has 1 aromatic carbocycles. The van der Waals surface area contributed by atoms with Gasteiger partial charge in [0.25, 0.3) is 0 Å². The van der Waals surface area contributed by atoms with Crippen molar-refractivity contribution in [3.63, 3.8) is 0 Å². The second-order valence-electron chi connectivity index (χ2n) is 8.26. The summed E-state index contributed by atoms with van der Waals surface area (Å²) in [7, 11) is 5.52. The summed E-state index contributed by atoms with van der Waals surface area (Å²) in [6.45, 7) is 3.72. The second-order valence-corrected chi connectivity index (χ2v) is 13.0. The largest absolute Gasteiger partial charge is 0.354 e. The van der Waals surface area contributed by atoms with Crippen molar-refractivity contribution in [1.29, 1.82) is 5.26 Å². The maximum absolute atomic E-state index is 12.4. The maximum atomic E-state index is 12.4. The number of carbonyl (C=O) groups excluding carboxylic acids is 1. The summed E-state index contributed by atoms with van der Waals surface area (Å²) >= 11 is 2.75. The molecule has 0 radical (unpaired) electrons. The number of amides is 1. The molecule has 2 aromatic heterocycles. The van der Waals surface area contributed by atoms with Crippen LogP contribution in [0.1, 0.15) is 11.3 Å². The molecule has 1 amide bonds. The molecule has 1 atom stereocenters. The van der Waals surface area contributed by atoms with Crippen molar-refractivity contribution >= 4 is 73.0 Å². The Morgan fingerprint density at radius 3 is 2.69 bits per heavy atom. The number of rotatable bonds is 7. The number of hydrogen-bond donors (Lipinski definition) is 2. The van der Waals surface area contributed by atoms with Crippen LogP contribution in [-0.4, -0.2) is 70.0 Å². The van der Waals surface area contributed by atoms with E-state index in [2.05, 4.69) is 38.5 Å². The third-order valence-corrected chi connectivity index (χ3v) is 10.2. The van der Waals surface area contributed by atoms with Gasteiger partial charge in [0.15, 0.2) is 10.3 Å². The van der Waals surface area contributed by atoms with E-state index in [-0.39, 0.29) is 11.2 Å². The van der Waals surface area contributed by atoms with E-state index in [1.54, 1.807) is 27.8 Å². The van der Waals surface area contributed by atoms with E-state index in [1.807, 2.05) is 30.3 Å². The summed E-state index contributed by atoms with van der Waals surface area (Å²) in [6.07, 6.45) is 2.46. The van der Waals surface area contributed by atoms with Crippen LogP contribution in [0.15, 0.2) is 46.6 Å². The van der Waals surface area contributed by atoms with Gasteiger partial charge in [-0.05, 0) is 49.5 Å². The van der Waals surface area contributed by atoms with Crippen molar-refractivity contribution in [2.75, 3.05) is 54.5 Å². The van der Waals surface area contributed by atoms with Gasteiger partial charge in [-0.25, -0.2) is 15.0 Å². The van der Waals surface area contributed by atoms with Crippen LogP contribution in [0.25, 0.3) is 0 Å². The zero-order valence-electron chi connectivity index (χ0n) is 19.5. The van der Waals surface area contributed by atoms with Gasteiger partial charge >= 0.3 is 0 Å². The minimum absolute atomic E-state index is 0.0164. The number of piperazine rings is 1. The monoisotopic (exact) mass is 556 g/mol. The first-order valence-electron chi connectivity index (χ1n) is 11.4. The van der Waals surface area contributed by atoms with Gasteiger partial charge in [0.2, 0.25) is 5.91 Å². The number of hydrogen-bond acceptors (Lipinski definition) is 12. The molecule has 0 bridgehead atoms. The molecule has 5 rings (SSSR count). The van der Waals surface area contributed by atoms with Gasteiger partial charge < -0.3 is 20.4 Å². The topological polar surface area (TPSA) is 110 Å². The number of benzene rings is 1. The van der Waals surface area contributed by atoms with E-state index in [9.17, 15) is 4.79 Å². The minimum Gasteiger partial charge on any atom is -0.354 e. The zero-order chi connectivity index (χ0) is 24.9. The van der Waals surface area contributed by atoms with Gasteiger partial charge in [0.1, 0.15) is 22.6 Å². The lowest BCUT2D eigenvalue weighted by atomic mass is 10.2. The second kappa shape index (κ2) is 11.7. The first-order valence-corrected chi connectivity index (χ1v) is 15.4. The van der Waals surface area contributed by atoms with Crippen LogP contribution in [0, 0.1) is 11.3 Å². The van der Waals surface area contributed by atoms with Crippen molar-refractivity contribution in [3.05, 3.63) is 41.4 Å². The molecule has 3 aromatic rings. The van der Waals surface area contributed by atoms with Crippen LogP contribution >= 0.6 is 44.7 Å². The molecular weight excluding hydrogens is 533 g/mol. The lowest BCUT2D eigenvalue weighted by molar-refractivity contribution is -0.115. The normalized spacial score (nSPS) is 18.1. The molecule has 2 saturated heterocycles. The van der Waals surface area contributed by atoms with Crippen molar-refractivity contribution < 1.29 is 4.79 Å². The summed E-state index contributed by atoms with van der Waals surface area (Å²) in [4.78, 5) is 32.3. The van der Waals surface area contributed by atoms with Crippen LogP contribution in [0.3, 0.4) is 0 Å². The Balaban J connectivity index is 1.33. The van der Waals surface area contributed by atoms with Crippen molar-refractivity contribution in [2.45, 2.75) is 21.7 Å². The zero-order valence-corrected chi connectivity index (χ0v) is 22.8. The first-order chi connectivity index (χ1) is 17.6. The summed E-state index contributed by atoms with van der Waals surface area (Å²) in [5.74, 6) is 2.57. The van der Waals surface area contributed by atoms with Crippen molar-refractivity contribution in [3.8, 4) is 6.07 Å². The molecule has 2 aliphatic heterocycles. The molecule has 0 aliphatic carbocycles. The van der Waals surface area contributed by atoms with E-state index in [0.717, 1.165) is 54.8 Å². The maximum Gasteiger partial charge on any atom is 0.238 e. The summed E-state index contributed by atoms with van der Waals surface area (Å²) in [6, 6.07) is 11.8. The Hall–Kier alpha value is -2.50. The quantitative estimate of drug-likeness (QED) is 0.316. The van der Waals surface area contributed by atoms with Crippen LogP contribution in [0.4, 0.5) is 22.5 Å². The molecular formula is C23H24N8OS4. The molecule has 9 nitrogen and oxygen atoms in total. The number of nitrogens with one attached hydrogen (secondary N) is 2. The summed E-state index contributed by atoms with van der Waals surface area (Å²) in [5, 5.41) is 16.6. The van der Waals surface area contributed by atoms with Crippen molar-refractivity contribution in [1.82, 2.24) is 19.9 Å². The average Bonchev–Trinajstić information content (AvgIpc) is 3.58. The highest BCUT2D eigenvalue weighted by Crippen LogP contribution is 2.38. The van der Waals surface area contributed by atoms with Gasteiger partial charge in [-0.15, -0.1) is 0 Å². The number of thiazole rings is 1. The third-order valence-electron chi connectivity index (χ3n) is 5.64. The number of nitrogens with zero attached hydrogens (tertiary/aromatic N) is 6. The minimum atomic E-state index is 0.0164. The average molecular weight is 557 g/mol. The van der Waals surface area contributed by atoms with Crippen LogP contribution in [-0.2, 0) is 4.79 Å². The van der Waals surface area contributed by atoms with E-state index in [1.165, 1.54) is 23.1 Å². The van der Waals surface area contributed by atoms with Crippen molar-refractivity contribution in [2.24, 2.45) is 0 Å². The smallest absolute Gasteiger partial charge is 0.238 e. The fourth-order valence-corrected chi connectivity index (χ4v) is 7.77. The van der Waals surface area contributed by atoms with E-state index < -0.39 is 0 Å². The lowest BCUT2D eigenvalue weighted by Gasteiger charge is -2.33. The van der Waals surface area contributed by atoms with Gasteiger partial charge in [-0.3, -0.25) is 4.79 Å². The first kappa shape index (κ1) is 25.2. The molecule has 2 N–H and O–H groups in total. The SMILES string of the molecule is CN1CCN(c2cc(Nc3ncc(C#N)s3)nc(Sc3ccc(NC(=O)C4CCSS4)cc3)n2)CC1. The Labute approximate surface area is 225 Å². The predicted octanol–water partition coefficient (Wildman–Crippen LogP) is 4.54. The van der Waals surface area contributed by atoms with E-state index in [4.69, 9.17) is 15.2 Å². The van der Waals surface area contributed by atoms with E-state index in [0.29, 0.717) is 21.0 Å². The molecule has 13 heteroatoms. The molecule has 1 unspecified atom stereocenters. The fraction of sp³-hybridized carbons (Fsp3) is 0.348. The van der Waals surface area contributed by atoms with E-state index >= 15 is 0 Å². The summed E-state index contributed by atoms with van der Waals surface area (Å²) < 4.78 is 0. The third kappa shape index (κ3) is 6.43. The highest BCUT2D eigenvalue weighted by molar-refractivity contribution is 8.77. The molecule has 2 aliphatic rings. The van der Waals surface area contributed by atoms with Crippen LogP contribution in [0.5, 0.6) is 0 Å². The molecule has 2 fully saturated rings. The van der Waals surface area contributed by atoms with Gasteiger partial charge in [-0.2, -0.15) is 5.26 Å². The van der Waals surface area contributed by atoms with Gasteiger partial charge in [0.05, 0.1) is 11.4 Å². The lowest BCUT2D eigenvalue weighted by Crippen LogP contribution is -2.44. The fourth-order valence-electron chi connectivity index (χ4n) is 3.66. The Bertz CT molecular complexity index is 1250. The number of carbonyl (C=O) groups is 1. The molecule has 36 heavy (non-hydrogen) atoms. The standard InChI is InChI=1S/C23H24N8OS4/c1-30-7-9-31(10-8-30)20-12-19(27-22-25-14-17(13-24)35-22)28-23(29-20)34-16-4-2-15(3-5-16)26-21(32)18-6-11-33-36-18/h2-5,12,14,18H,6-11H2,1H3,(H,26,32)(H,25,27,28,29). The Morgan fingerprint density at radius 2 is 2.00 bits per heavy atom. The Morgan fingerprint density at radius 1 is 1.19 bits per heavy atom. The van der Waals surface area contributed by atoms with Gasteiger partial charge in [-0.1, -0.05) is 32.9 Å². The highest BCUT2D eigenvalue weighted by atomic mass is 33.1.